The molecule has 12 saturated carbocycles. The van der Waals surface area contributed by atoms with Gasteiger partial charge in [-0.3, -0.25) is 14.4 Å². The highest BCUT2D eigenvalue weighted by Crippen LogP contribution is 2.81. The Bertz CT molecular complexity index is 4480. The van der Waals surface area contributed by atoms with Crippen LogP contribution in [0.3, 0.4) is 0 Å². The van der Waals surface area contributed by atoms with Gasteiger partial charge >= 0.3 is 29.8 Å². The number of carbonyl (C=O) groups excluding carboxylic acids is 2. The number of aliphatic carboxylic acids is 3. The number of aliphatic hydroxyl groups is 7. The van der Waals surface area contributed by atoms with Gasteiger partial charge in [0.2, 0.25) is 0 Å². The summed E-state index contributed by atoms with van der Waals surface area (Å²) in [5, 5.41) is 129. The number of hydrogen-bond donors (Lipinski definition) is 12. The number of carboxylic acids is 3. The quantitative estimate of drug-likeness (QED) is 0.0533. The normalized spacial score (nSPS) is 49.7. The molecule has 2 aromatic rings. The maximum atomic E-state index is 13.1. The molecule has 127 heavy (non-hydrogen) atoms. The van der Waals surface area contributed by atoms with Crippen molar-refractivity contribution in [3.63, 3.8) is 0 Å². The first-order valence-corrected chi connectivity index (χ1v) is 49.1. The summed E-state index contributed by atoms with van der Waals surface area (Å²) in [5.41, 5.74) is -0.168. The van der Waals surface area contributed by atoms with Gasteiger partial charge in [0.05, 0.1) is 60.5 Å². The van der Waals surface area contributed by atoms with Crippen molar-refractivity contribution in [2.75, 3.05) is 19.8 Å². The molecule has 12 N–H and O–H groups in total. The second kappa shape index (κ2) is 32.9. The maximum absolute atomic E-state index is 13.1. The van der Waals surface area contributed by atoms with Crippen LogP contribution in [0.2, 0.25) is 0 Å². The molecule has 17 rings (SSSR count). The molecule has 0 unspecified atom stereocenters. The van der Waals surface area contributed by atoms with E-state index in [1.165, 1.54) is 28.9 Å². The van der Waals surface area contributed by atoms with Crippen LogP contribution in [-0.4, -0.2) is 148 Å². The van der Waals surface area contributed by atoms with Crippen molar-refractivity contribution in [3.8, 4) is 11.5 Å². The number of carbonyl (C=O) groups is 5. The van der Waals surface area contributed by atoms with Crippen molar-refractivity contribution in [3.05, 3.63) is 107 Å². The second-order valence-electron chi connectivity index (χ2n) is 48.1. The first-order chi connectivity index (χ1) is 59.4. The van der Waals surface area contributed by atoms with Gasteiger partial charge in [-0.05, 0) is 339 Å². The van der Waals surface area contributed by atoms with E-state index in [9.17, 15) is 85.3 Å². The second-order valence-corrected chi connectivity index (χ2v) is 48.1. The third-order valence-electron chi connectivity index (χ3n) is 43.5. The average molecular weight is 1760 g/mol. The number of allylic oxidation sites excluding steroid dienone is 6. The zero-order chi connectivity index (χ0) is 92.7. The fraction of sp³-hybridized carbons (Fsp3) is 0.750. The Balaban J connectivity index is 0.000000148. The monoisotopic (exact) mass is 1760 g/mol. The zero-order valence-electron chi connectivity index (χ0n) is 79.6. The fourth-order valence-electron chi connectivity index (χ4n) is 35.2. The molecule has 19 heteroatoms. The Hall–Kier alpha value is -6.19. The Kier molecular flexibility index (Phi) is 24.7. The van der Waals surface area contributed by atoms with Gasteiger partial charge in [0.15, 0.2) is 0 Å². The van der Waals surface area contributed by atoms with Crippen molar-refractivity contribution in [2.24, 2.45) is 170 Å². The summed E-state index contributed by atoms with van der Waals surface area (Å²) < 4.78 is 12.0. The van der Waals surface area contributed by atoms with Crippen LogP contribution in [-0.2, 0) is 33.4 Å². The van der Waals surface area contributed by atoms with Crippen LogP contribution < -0.4 is 0 Å². The summed E-state index contributed by atoms with van der Waals surface area (Å²) in [6.45, 7) is 40.5. The van der Waals surface area contributed by atoms with Crippen LogP contribution in [0.5, 0.6) is 11.5 Å². The van der Waals surface area contributed by atoms with Crippen molar-refractivity contribution in [1.29, 1.82) is 0 Å². The van der Waals surface area contributed by atoms with Gasteiger partial charge in [0, 0.05) is 28.4 Å². The minimum atomic E-state index is -0.935. The number of phenols is 2. The Morgan fingerprint density at radius 3 is 0.913 bits per heavy atom. The Morgan fingerprint density at radius 1 is 0.362 bits per heavy atom. The topological polar surface area (TPSA) is 347 Å². The molecule has 15 aliphatic rings. The van der Waals surface area contributed by atoms with E-state index in [4.69, 9.17) is 9.47 Å². The summed E-state index contributed by atoms with van der Waals surface area (Å²) >= 11 is 0. The van der Waals surface area contributed by atoms with E-state index in [2.05, 4.69) is 122 Å². The standard InChI is InChI=1S/2C39H54O7.C30H48O5/c2*1-23-15-18-39(34(44)45)20-19-37(5)27(32(39)24(23)2)12-13-30-35(3)21-28(42)33(36(4,22-40)29(35)16-17-38(30,37)6)46-31(43)14-9-25-7-10-26(41)11-8-25;1-17-9-12-30(25(34)35)14-13-28(5)19(23(30)18(17)2)7-8-22-26(3)15-20(32)24(33)27(4,16-31)21(26)10-11-29(22,28)6/h2*7-12,14,23-24,28-30,32-33,40-42H,13,15-22H2,1-6H3,(H,44,45);7,17-18,20-24,31-33H,8-16H2,1-6H3,(H,34,35)/b14-9+;14-9-;/t2*23-,24+,28-,29-,30-,32+,33+,35+,36+,37-,38-,39+;17-,18+,20-,21-,22-,23+,24-,26+,27+,28-,29-,30+/m111/s1. The fourth-order valence-corrected chi connectivity index (χ4v) is 35.2. The van der Waals surface area contributed by atoms with Crippen LogP contribution in [0.1, 0.15) is 290 Å². The molecule has 15 aliphatic carbocycles. The molecule has 0 heterocycles. The van der Waals surface area contributed by atoms with Gasteiger partial charge in [0.1, 0.15) is 23.7 Å². The Morgan fingerprint density at radius 2 is 0.638 bits per heavy atom. The maximum Gasteiger partial charge on any atom is 0.331 e. The van der Waals surface area contributed by atoms with Gasteiger partial charge in [-0.1, -0.05) is 184 Å². The van der Waals surface area contributed by atoms with Crippen LogP contribution in [0.15, 0.2) is 95.6 Å². The number of aliphatic hydroxyl groups excluding tert-OH is 7. The summed E-state index contributed by atoms with van der Waals surface area (Å²) in [5.74, 6) is 0.861. The molecule has 0 saturated heterocycles. The van der Waals surface area contributed by atoms with Gasteiger partial charge in [-0.25, -0.2) is 9.59 Å². The smallest absolute Gasteiger partial charge is 0.331 e. The van der Waals surface area contributed by atoms with E-state index in [0.717, 1.165) is 133 Å². The molecule has 0 bridgehead atoms. The molecule has 0 amide bonds. The summed E-state index contributed by atoms with van der Waals surface area (Å²) in [7, 11) is 0. The van der Waals surface area contributed by atoms with Crippen molar-refractivity contribution in [2.45, 2.75) is 315 Å². The van der Waals surface area contributed by atoms with Gasteiger partial charge in [-0.2, -0.15) is 0 Å². The number of carboxylic acid groups (broad SMARTS) is 3. The SMILES string of the molecule is C[C@H]1[C@H](C)CC[C@]2(C(=O)O)CC[C@]3(C)C(=CC[C@@H]4[C@@]5(C)C[C@@H](O)[C@@H](O)[C@@](C)(CO)[C@@H]5CC[C@]43C)[C@H]12.C[C@H]1[C@H](C)CC[C@]2(C(=O)O)CC[C@]3(C)C(=CC[C@@H]4[C@@]5(C)C[C@@H](O)[C@H](OC(=O)/C=C/c6ccc(O)cc6)[C@@](C)(CO)[C@@H]5CC[C@]43C)[C@H]12.C[C@H]1[C@H](C)CC[C@]2(C(=O)O)CC[C@]3(C)C(=CC[C@@H]4[C@@]5(C)C[C@@H](O)[C@H](OC(=O)/C=C\c6ccc(O)cc6)[C@@](C)(CO)[C@@H]5CC[C@]43C)[C@H]12. The molecule has 0 aromatic heterocycles. The van der Waals surface area contributed by atoms with Crippen molar-refractivity contribution in [1.82, 2.24) is 0 Å². The summed E-state index contributed by atoms with van der Waals surface area (Å²) in [4.78, 5) is 64.9. The van der Waals surface area contributed by atoms with E-state index in [0.29, 0.717) is 73.5 Å². The lowest BCUT2D eigenvalue weighted by Crippen LogP contribution is -2.68. The minimum Gasteiger partial charge on any atom is -0.508 e. The van der Waals surface area contributed by atoms with Gasteiger partial charge in [0.25, 0.3) is 0 Å². The molecule has 19 nitrogen and oxygen atoms in total. The van der Waals surface area contributed by atoms with Crippen LogP contribution in [0, 0.1) is 170 Å². The minimum absolute atomic E-state index is 0.00815. The van der Waals surface area contributed by atoms with Crippen LogP contribution in [0.25, 0.3) is 12.2 Å². The van der Waals surface area contributed by atoms with Gasteiger partial charge in [-0.15, -0.1) is 0 Å². The molecule has 12 fully saturated rings. The highest BCUT2D eigenvalue weighted by atomic mass is 16.6. The largest absolute Gasteiger partial charge is 0.508 e. The molecule has 702 valence electrons. The van der Waals surface area contributed by atoms with E-state index in [1.54, 1.807) is 60.7 Å². The van der Waals surface area contributed by atoms with Gasteiger partial charge < -0.3 is 70.8 Å². The first kappa shape index (κ1) is 95.4. The molecular formula is C108H156O19. The number of esters is 2. The number of aromatic hydroxyl groups is 2. The lowest BCUT2D eigenvalue weighted by atomic mass is 9.33. The summed E-state index contributed by atoms with van der Waals surface area (Å²) in [6, 6.07) is 13.0. The number of hydrogen-bond acceptors (Lipinski definition) is 16. The number of phenolic OH excluding ortho intramolecular Hbond substituents is 2. The number of ether oxygens (including phenoxy) is 2. The van der Waals surface area contributed by atoms with Crippen LogP contribution >= 0.6 is 0 Å². The highest BCUT2D eigenvalue weighted by Gasteiger charge is 2.76. The predicted octanol–water partition coefficient (Wildman–Crippen LogP) is 19.0. The van der Waals surface area contributed by atoms with E-state index < -0.39 is 99.0 Å². The summed E-state index contributed by atoms with van der Waals surface area (Å²) in [6.07, 6.45) is 27.4. The molecule has 0 radical (unpaired) electrons. The van der Waals surface area contributed by atoms with E-state index in [1.807, 2.05) is 20.8 Å². The van der Waals surface area contributed by atoms with E-state index >= 15 is 0 Å². The third-order valence-corrected chi connectivity index (χ3v) is 43.5. The average Bonchev–Trinajstić information content (AvgIpc) is 0.679. The molecule has 0 aliphatic heterocycles. The zero-order valence-corrected chi connectivity index (χ0v) is 79.6. The molecule has 0 spiro atoms. The van der Waals surface area contributed by atoms with Crippen molar-refractivity contribution >= 4 is 42.0 Å². The predicted molar refractivity (Wildman–Crippen MR) is 488 cm³/mol. The molecule has 2 aromatic carbocycles. The van der Waals surface area contributed by atoms with Crippen LogP contribution in [0.4, 0.5) is 0 Å². The number of rotatable bonds is 12. The lowest BCUT2D eigenvalue weighted by Gasteiger charge is -2.71. The molecular weight excluding hydrogens is 1600 g/mol. The highest BCUT2D eigenvalue weighted by molar-refractivity contribution is 5.88. The van der Waals surface area contributed by atoms with E-state index in [-0.39, 0.29) is 127 Å². The third kappa shape index (κ3) is 13.8. The lowest BCUT2D eigenvalue weighted by molar-refractivity contribution is -0.249. The number of fused-ring (bicyclic) bond motifs is 21. The Labute approximate surface area is 756 Å². The first-order valence-electron chi connectivity index (χ1n) is 49.1. The van der Waals surface area contributed by atoms with Crippen molar-refractivity contribution < 1.29 is 94.7 Å². The molecule has 36 atom stereocenters. The number of benzene rings is 2.